The number of hydrazine groups is 1. The molecule has 90 valence electrons. The third-order valence-corrected chi connectivity index (χ3v) is 2.94. The lowest BCUT2D eigenvalue weighted by Gasteiger charge is -2.16. The Kier molecular flexibility index (Phi) is 3.41. The number of rotatable bonds is 3. The van der Waals surface area contributed by atoms with Crippen molar-refractivity contribution in [2.24, 2.45) is 5.84 Å². The first-order valence-corrected chi connectivity index (χ1v) is 5.62. The average molecular weight is 300 g/mol. The van der Waals surface area contributed by atoms with Crippen molar-refractivity contribution in [2.75, 3.05) is 5.73 Å². The zero-order valence-corrected chi connectivity index (χ0v) is 10.3. The maximum absolute atomic E-state index is 13.7. The predicted molar refractivity (Wildman–Crippen MR) is 66.3 cm³/mol. The maximum Gasteiger partial charge on any atom is 0.128 e. The number of H-pyrrole nitrogens is 1. The zero-order chi connectivity index (χ0) is 12.4. The Bertz CT molecular complexity index is 527. The van der Waals surface area contributed by atoms with E-state index in [0.29, 0.717) is 16.9 Å². The fraction of sp³-hybridized carbons (Fsp3) is 0.100. The highest BCUT2D eigenvalue weighted by atomic mass is 79.9. The van der Waals surface area contributed by atoms with Crippen molar-refractivity contribution in [1.29, 1.82) is 0 Å². The second-order valence-electron chi connectivity index (χ2n) is 3.50. The number of nitrogens with zero attached hydrogens (tertiary/aromatic N) is 1. The van der Waals surface area contributed by atoms with E-state index in [0.717, 1.165) is 4.47 Å². The molecule has 1 heterocycles. The van der Waals surface area contributed by atoms with Gasteiger partial charge in [-0.05, 0) is 18.2 Å². The summed E-state index contributed by atoms with van der Waals surface area (Å²) in [5.74, 6) is 5.44. The fourth-order valence-electron chi connectivity index (χ4n) is 1.62. The molecule has 1 unspecified atom stereocenters. The Morgan fingerprint density at radius 1 is 1.41 bits per heavy atom. The zero-order valence-electron chi connectivity index (χ0n) is 8.74. The molecule has 0 aliphatic carbocycles. The van der Waals surface area contributed by atoms with Crippen LogP contribution in [0.2, 0.25) is 0 Å². The minimum Gasteiger partial charge on any atom is -0.384 e. The molecule has 0 aliphatic heterocycles. The fourth-order valence-corrected chi connectivity index (χ4v) is 2.00. The molecule has 7 heteroatoms. The molecule has 0 aliphatic rings. The van der Waals surface area contributed by atoms with Gasteiger partial charge in [-0.15, -0.1) is 0 Å². The Hall–Kier alpha value is -1.44. The highest BCUT2D eigenvalue weighted by Gasteiger charge is 2.20. The summed E-state index contributed by atoms with van der Waals surface area (Å²) in [7, 11) is 0. The van der Waals surface area contributed by atoms with Crippen molar-refractivity contribution >= 4 is 21.7 Å². The Balaban J connectivity index is 2.49. The van der Waals surface area contributed by atoms with E-state index >= 15 is 0 Å². The number of hydrogen-bond acceptors (Lipinski definition) is 4. The first kappa shape index (κ1) is 12.0. The van der Waals surface area contributed by atoms with E-state index in [1.165, 1.54) is 12.3 Å². The number of halogens is 2. The van der Waals surface area contributed by atoms with Gasteiger partial charge >= 0.3 is 0 Å². The van der Waals surface area contributed by atoms with Crippen molar-refractivity contribution in [2.45, 2.75) is 6.04 Å². The summed E-state index contributed by atoms with van der Waals surface area (Å²) in [4.78, 5) is 0. The third kappa shape index (κ3) is 2.31. The summed E-state index contributed by atoms with van der Waals surface area (Å²) in [5.41, 5.74) is 9.22. The molecule has 1 aromatic heterocycles. The third-order valence-electron chi connectivity index (χ3n) is 2.45. The van der Waals surface area contributed by atoms with Gasteiger partial charge in [-0.3, -0.25) is 10.9 Å². The first-order chi connectivity index (χ1) is 8.13. The molecule has 0 bridgehead atoms. The highest BCUT2D eigenvalue weighted by Crippen LogP contribution is 2.28. The monoisotopic (exact) mass is 299 g/mol. The highest BCUT2D eigenvalue weighted by molar-refractivity contribution is 9.10. The number of nitrogens with one attached hydrogen (secondary N) is 2. The van der Waals surface area contributed by atoms with E-state index in [1.807, 2.05) is 0 Å². The molecule has 2 rings (SSSR count). The molecule has 1 aromatic carbocycles. The van der Waals surface area contributed by atoms with Crippen molar-refractivity contribution in [1.82, 2.24) is 15.6 Å². The number of benzene rings is 1. The molecule has 0 radical (unpaired) electrons. The van der Waals surface area contributed by atoms with Crippen LogP contribution in [-0.4, -0.2) is 10.2 Å². The van der Waals surface area contributed by atoms with E-state index in [2.05, 4.69) is 31.6 Å². The van der Waals surface area contributed by atoms with E-state index < -0.39 is 6.04 Å². The van der Waals surface area contributed by atoms with Gasteiger partial charge in [-0.2, -0.15) is 5.10 Å². The summed E-state index contributed by atoms with van der Waals surface area (Å²) in [6, 6.07) is 4.07. The standard InChI is InChI=1S/C10H11BrFN5/c11-5-1-2-8(12)6(3-5)9(16-14)7-4-15-17-10(7)13/h1-4,9,16H,14H2,(H3,13,15,17). The predicted octanol–water partition coefficient (Wildman–Crippen LogP) is 1.45. The molecule has 17 heavy (non-hydrogen) atoms. The number of anilines is 1. The Labute approximate surface area is 105 Å². The van der Waals surface area contributed by atoms with Crippen LogP contribution in [0.4, 0.5) is 10.2 Å². The number of nitrogen functional groups attached to an aromatic ring is 1. The van der Waals surface area contributed by atoms with Gasteiger partial charge in [0.1, 0.15) is 11.6 Å². The quantitative estimate of drug-likeness (QED) is 0.510. The molecule has 6 N–H and O–H groups in total. The second kappa shape index (κ2) is 4.82. The summed E-state index contributed by atoms with van der Waals surface area (Å²) >= 11 is 3.29. The minimum absolute atomic E-state index is 0.354. The summed E-state index contributed by atoms with van der Waals surface area (Å²) in [6.07, 6.45) is 1.51. The van der Waals surface area contributed by atoms with Gasteiger partial charge in [-0.1, -0.05) is 15.9 Å². The lowest BCUT2D eigenvalue weighted by atomic mass is 10.0. The van der Waals surface area contributed by atoms with Gasteiger partial charge in [0, 0.05) is 15.6 Å². The van der Waals surface area contributed by atoms with Gasteiger partial charge < -0.3 is 5.73 Å². The largest absolute Gasteiger partial charge is 0.384 e. The summed E-state index contributed by atoms with van der Waals surface area (Å²) in [6.45, 7) is 0. The van der Waals surface area contributed by atoms with Gasteiger partial charge in [0.25, 0.3) is 0 Å². The molecule has 0 amide bonds. The molecule has 0 fully saturated rings. The minimum atomic E-state index is -0.550. The molecule has 2 aromatic rings. The van der Waals surface area contributed by atoms with Crippen LogP contribution in [0.15, 0.2) is 28.9 Å². The van der Waals surface area contributed by atoms with Crippen LogP contribution in [0.5, 0.6) is 0 Å². The normalized spacial score (nSPS) is 12.6. The Morgan fingerprint density at radius 3 is 2.76 bits per heavy atom. The molecule has 0 spiro atoms. The molecular formula is C10H11BrFN5. The molecule has 0 saturated heterocycles. The van der Waals surface area contributed by atoms with Crippen molar-refractivity contribution in [3.05, 3.63) is 45.8 Å². The van der Waals surface area contributed by atoms with Crippen LogP contribution in [0, 0.1) is 5.82 Å². The van der Waals surface area contributed by atoms with Crippen LogP contribution in [0.1, 0.15) is 17.2 Å². The average Bonchev–Trinajstić information content (AvgIpc) is 2.71. The number of aromatic nitrogens is 2. The van der Waals surface area contributed by atoms with Crippen LogP contribution >= 0.6 is 15.9 Å². The lowest BCUT2D eigenvalue weighted by Crippen LogP contribution is -2.29. The smallest absolute Gasteiger partial charge is 0.128 e. The number of hydrogen-bond donors (Lipinski definition) is 4. The molecule has 1 atom stereocenters. The summed E-state index contributed by atoms with van der Waals surface area (Å²) in [5, 5.41) is 6.37. The lowest BCUT2D eigenvalue weighted by molar-refractivity contribution is 0.560. The molecule has 5 nitrogen and oxygen atoms in total. The van der Waals surface area contributed by atoms with Crippen LogP contribution in [-0.2, 0) is 0 Å². The van der Waals surface area contributed by atoms with Gasteiger partial charge in [0.05, 0.1) is 12.2 Å². The van der Waals surface area contributed by atoms with E-state index in [9.17, 15) is 4.39 Å². The topological polar surface area (TPSA) is 92.7 Å². The van der Waals surface area contributed by atoms with E-state index in [1.54, 1.807) is 12.1 Å². The van der Waals surface area contributed by atoms with Crippen LogP contribution < -0.4 is 17.0 Å². The van der Waals surface area contributed by atoms with Crippen molar-refractivity contribution in [3.8, 4) is 0 Å². The SMILES string of the molecule is NNC(c1cc(Br)ccc1F)c1cn[nH]c1N. The Morgan fingerprint density at radius 2 is 2.18 bits per heavy atom. The molecule has 0 saturated carbocycles. The van der Waals surface area contributed by atoms with E-state index in [4.69, 9.17) is 11.6 Å². The van der Waals surface area contributed by atoms with Gasteiger partial charge in [0.15, 0.2) is 0 Å². The molecular weight excluding hydrogens is 289 g/mol. The van der Waals surface area contributed by atoms with Crippen LogP contribution in [0.3, 0.4) is 0 Å². The van der Waals surface area contributed by atoms with Crippen molar-refractivity contribution < 1.29 is 4.39 Å². The second-order valence-corrected chi connectivity index (χ2v) is 4.42. The number of aromatic amines is 1. The first-order valence-electron chi connectivity index (χ1n) is 4.83. The van der Waals surface area contributed by atoms with Crippen molar-refractivity contribution in [3.63, 3.8) is 0 Å². The maximum atomic E-state index is 13.7. The van der Waals surface area contributed by atoms with Crippen LogP contribution in [0.25, 0.3) is 0 Å². The van der Waals surface area contributed by atoms with Gasteiger partial charge in [0.2, 0.25) is 0 Å². The number of nitrogens with two attached hydrogens (primary N) is 2. The summed E-state index contributed by atoms with van der Waals surface area (Å²) < 4.78 is 14.5. The van der Waals surface area contributed by atoms with E-state index in [-0.39, 0.29) is 5.82 Å². The van der Waals surface area contributed by atoms with Gasteiger partial charge in [-0.25, -0.2) is 9.82 Å².